The van der Waals surface area contributed by atoms with E-state index in [2.05, 4.69) is 5.32 Å². The topological polar surface area (TPSA) is 97.3 Å². The minimum absolute atomic E-state index is 0.0105. The molecule has 1 unspecified atom stereocenters. The van der Waals surface area contributed by atoms with Gasteiger partial charge in [-0.1, -0.05) is 31.4 Å². The lowest BCUT2D eigenvalue weighted by atomic mass is 9.96. The van der Waals surface area contributed by atoms with Gasteiger partial charge >= 0.3 is 0 Å². The number of carbonyl (C=O) groups excluding carboxylic acids is 1. The van der Waals surface area contributed by atoms with E-state index in [4.69, 9.17) is 14.2 Å². The number of phenolic OH excluding ortho intramolecular Hbond substituents is 1. The average molecular weight is 486 g/mol. The minimum atomic E-state index is -0.696. The second-order valence-corrected chi connectivity index (χ2v) is 9.25. The Balaban J connectivity index is 1.40. The fraction of sp³-hybridized carbons (Fsp3) is 0.536. The number of aromatic hydroxyl groups is 1. The van der Waals surface area contributed by atoms with E-state index in [1.54, 1.807) is 25.3 Å². The molecule has 0 spiro atoms. The predicted octanol–water partition coefficient (Wildman–Crippen LogP) is 4.55. The molecule has 1 saturated carbocycles. The molecule has 7 heteroatoms. The molecule has 0 aromatic heterocycles. The number of ether oxygens (including phenoxy) is 3. The molecule has 2 aromatic rings. The fourth-order valence-electron chi connectivity index (χ4n) is 4.49. The third kappa shape index (κ3) is 8.75. The Morgan fingerprint density at radius 2 is 1.66 bits per heavy atom. The Labute approximate surface area is 208 Å². The largest absolute Gasteiger partial charge is 0.504 e. The number of carbonyl (C=O) groups is 1. The molecular formula is C28H39NO6. The van der Waals surface area contributed by atoms with Crippen LogP contribution in [0, 0.1) is 0 Å². The SMILES string of the molecule is COc1cc(CCC(=O)CC(O)CCc2ccc(OCNC3CCCCC3)c(OC)c2)ccc1O. The molecular weight excluding hydrogens is 446 g/mol. The molecule has 1 atom stereocenters. The third-order valence-electron chi connectivity index (χ3n) is 6.60. The molecule has 0 radical (unpaired) electrons. The van der Waals surface area contributed by atoms with Crippen LogP contribution in [-0.2, 0) is 17.6 Å². The van der Waals surface area contributed by atoms with E-state index >= 15 is 0 Å². The molecule has 192 valence electrons. The zero-order chi connectivity index (χ0) is 25.0. The van der Waals surface area contributed by atoms with Crippen LogP contribution in [0.5, 0.6) is 23.0 Å². The van der Waals surface area contributed by atoms with Crippen LogP contribution in [0.1, 0.15) is 62.5 Å². The zero-order valence-corrected chi connectivity index (χ0v) is 20.9. The van der Waals surface area contributed by atoms with Crippen molar-refractivity contribution in [2.24, 2.45) is 0 Å². The molecule has 3 rings (SSSR count). The molecule has 1 aliphatic rings. The van der Waals surface area contributed by atoms with Crippen LogP contribution in [0.3, 0.4) is 0 Å². The van der Waals surface area contributed by atoms with Crippen molar-refractivity contribution in [1.82, 2.24) is 5.32 Å². The first kappa shape index (κ1) is 26.8. The van der Waals surface area contributed by atoms with Crippen molar-refractivity contribution in [3.05, 3.63) is 47.5 Å². The summed E-state index contributed by atoms with van der Waals surface area (Å²) >= 11 is 0. The number of nitrogens with one attached hydrogen (secondary N) is 1. The van der Waals surface area contributed by atoms with E-state index in [-0.39, 0.29) is 18.0 Å². The molecule has 1 aliphatic carbocycles. The van der Waals surface area contributed by atoms with Gasteiger partial charge in [-0.3, -0.25) is 10.1 Å². The Kier molecular flexibility index (Phi) is 10.7. The highest BCUT2D eigenvalue weighted by atomic mass is 16.5. The lowest BCUT2D eigenvalue weighted by Crippen LogP contribution is -2.33. The van der Waals surface area contributed by atoms with Crippen molar-refractivity contribution < 1.29 is 29.2 Å². The average Bonchev–Trinajstić information content (AvgIpc) is 2.88. The normalized spacial score (nSPS) is 14.9. The molecule has 0 aliphatic heterocycles. The Hall–Kier alpha value is -2.77. The van der Waals surface area contributed by atoms with Gasteiger partial charge in [0.1, 0.15) is 12.5 Å². The fourth-order valence-corrected chi connectivity index (χ4v) is 4.49. The lowest BCUT2D eigenvalue weighted by Gasteiger charge is -2.23. The lowest BCUT2D eigenvalue weighted by molar-refractivity contribution is -0.121. The molecule has 7 nitrogen and oxygen atoms in total. The van der Waals surface area contributed by atoms with Crippen LogP contribution in [-0.4, -0.2) is 49.1 Å². The number of phenols is 1. The Morgan fingerprint density at radius 3 is 2.40 bits per heavy atom. The highest BCUT2D eigenvalue weighted by Crippen LogP contribution is 2.29. The maximum atomic E-state index is 12.3. The summed E-state index contributed by atoms with van der Waals surface area (Å²) in [6.45, 7) is 0.456. The van der Waals surface area contributed by atoms with E-state index in [0.29, 0.717) is 55.7 Å². The first-order valence-electron chi connectivity index (χ1n) is 12.6. The summed E-state index contributed by atoms with van der Waals surface area (Å²) < 4.78 is 16.5. The summed E-state index contributed by atoms with van der Waals surface area (Å²) in [5.74, 6) is 1.84. The molecule has 3 N–H and O–H groups in total. The molecule has 35 heavy (non-hydrogen) atoms. The molecule has 0 bridgehead atoms. The number of ketones is 1. The summed E-state index contributed by atoms with van der Waals surface area (Å²) in [5, 5.41) is 23.5. The Bertz CT molecular complexity index is 941. The summed E-state index contributed by atoms with van der Waals surface area (Å²) in [6, 6.07) is 11.4. The van der Waals surface area contributed by atoms with Gasteiger partial charge in [0.25, 0.3) is 0 Å². The van der Waals surface area contributed by atoms with Crippen molar-refractivity contribution in [3.8, 4) is 23.0 Å². The maximum absolute atomic E-state index is 12.3. The Morgan fingerprint density at radius 1 is 0.971 bits per heavy atom. The zero-order valence-electron chi connectivity index (χ0n) is 20.9. The van der Waals surface area contributed by atoms with Crippen molar-refractivity contribution in [3.63, 3.8) is 0 Å². The number of aliphatic hydroxyl groups is 1. The van der Waals surface area contributed by atoms with E-state index in [0.717, 1.165) is 11.1 Å². The van der Waals surface area contributed by atoms with E-state index in [1.165, 1.54) is 39.2 Å². The maximum Gasteiger partial charge on any atom is 0.163 e. The van der Waals surface area contributed by atoms with Crippen molar-refractivity contribution in [2.45, 2.75) is 76.4 Å². The summed E-state index contributed by atoms with van der Waals surface area (Å²) in [7, 11) is 3.11. The van der Waals surface area contributed by atoms with Crippen molar-refractivity contribution in [1.29, 1.82) is 0 Å². The van der Waals surface area contributed by atoms with Crippen LogP contribution in [0.2, 0.25) is 0 Å². The number of Topliss-reactive ketones (excluding diaryl/α,β-unsaturated/α-hetero) is 1. The van der Waals surface area contributed by atoms with Crippen LogP contribution >= 0.6 is 0 Å². The van der Waals surface area contributed by atoms with Crippen LogP contribution < -0.4 is 19.5 Å². The molecule has 0 saturated heterocycles. The van der Waals surface area contributed by atoms with Gasteiger partial charge in [-0.05, 0) is 67.5 Å². The standard InChI is InChI=1S/C28H39NO6/c1-33-27-16-20(10-14-25(27)32)8-12-23(30)18-24(31)13-9-21-11-15-26(28(17-21)34-2)35-19-29-22-6-4-3-5-7-22/h10-11,14-17,22,24,29,31-32H,3-9,12-13,18-19H2,1-2H3. The quantitative estimate of drug-likeness (QED) is 0.338. The van der Waals surface area contributed by atoms with Gasteiger partial charge in [-0.15, -0.1) is 0 Å². The number of hydrogen-bond donors (Lipinski definition) is 3. The van der Waals surface area contributed by atoms with Gasteiger partial charge < -0.3 is 24.4 Å². The number of methoxy groups -OCH3 is 2. The number of aliphatic hydroxyl groups excluding tert-OH is 1. The summed E-state index contributed by atoms with van der Waals surface area (Å²) in [5.41, 5.74) is 1.93. The number of benzene rings is 2. The first-order valence-corrected chi connectivity index (χ1v) is 12.6. The van der Waals surface area contributed by atoms with Gasteiger partial charge in [-0.2, -0.15) is 0 Å². The van der Waals surface area contributed by atoms with E-state index < -0.39 is 6.10 Å². The van der Waals surface area contributed by atoms with Crippen LogP contribution in [0.15, 0.2) is 36.4 Å². The highest BCUT2D eigenvalue weighted by molar-refractivity contribution is 5.79. The van der Waals surface area contributed by atoms with Crippen molar-refractivity contribution >= 4 is 5.78 Å². The predicted molar refractivity (Wildman–Crippen MR) is 135 cm³/mol. The minimum Gasteiger partial charge on any atom is -0.504 e. The number of aryl methyl sites for hydroxylation is 2. The monoisotopic (exact) mass is 485 g/mol. The number of rotatable bonds is 14. The highest BCUT2D eigenvalue weighted by Gasteiger charge is 2.15. The second-order valence-electron chi connectivity index (χ2n) is 9.25. The van der Waals surface area contributed by atoms with Gasteiger partial charge in [0.15, 0.2) is 23.0 Å². The smallest absolute Gasteiger partial charge is 0.163 e. The molecule has 2 aromatic carbocycles. The third-order valence-corrected chi connectivity index (χ3v) is 6.60. The van der Waals surface area contributed by atoms with Gasteiger partial charge in [0.2, 0.25) is 0 Å². The number of hydrogen-bond acceptors (Lipinski definition) is 7. The van der Waals surface area contributed by atoms with Crippen molar-refractivity contribution in [2.75, 3.05) is 21.0 Å². The van der Waals surface area contributed by atoms with Gasteiger partial charge in [0.05, 0.1) is 20.3 Å². The molecule has 0 heterocycles. The molecule has 1 fully saturated rings. The van der Waals surface area contributed by atoms with Crippen LogP contribution in [0.25, 0.3) is 0 Å². The summed E-state index contributed by atoms with van der Waals surface area (Å²) in [4.78, 5) is 12.3. The second kappa shape index (κ2) is 14.0. The van der Waals surface area contributed by atoms with Crippen LogP contribution in [0.4, 0.5) is 0 Å². The van der Waals surface area contributed by atoms with E-state index in [9.17, 15) is 15.0 Å². The van der Waals surface area contributed by atoms with E-state index in [1.807, 2.05) is 18.2 Å². The van der Waals surface area contributed by atoms with Gasteiger partial charge in [0, 0.05) is 18.9 Å². The van der Waals surface area contributed by atoms with Gasteiger partial charge in [-0.25, -0.2) is 0 Å². The first-order chi connectivity index (χ1) is 17.0. The summed E-state index contributed by atoms with van der Waals surface area (Å²) in [6.07, 6.45) is 7.72. The molecule has 0 amide bonds.